The van der Waals surface area contributed by atoms with Gasteiger partial charge in [-0.25, -0.2) is 4.79 Å². The van der Waals surface area contributed by atoms with Crippen molar-refractivity contribution >= 4 is 23.5 Å². The van der Waals surface area contributed by atoms with Crippen molar-refractivity contribution in [1.82, 2.24) is 0 Å². The summed E-state index contributed by atoms with van der Waals surface area (Å²) in [6, 6.07) is 10.1. The summed E-state index contributed by atoms with van der Waals surface area (Å²) in [6.45, 7) is 2.14. The van der Waals surface area contributed by atoms with E-state index in [1.807, 2.05) is 0 Å². The van der Waals surface area contributed by atoms with Gasteiger partial charge in [-0.1, -0.05) is 12.2 Å². The third-order valence-corrected chi connectivity index (χ3v) is 6.08. The van der Waals surface area contributed by atoms with Gasteiger partial charge in [0, 0.05) is 0 Å². The van der Waals surface area contributed by atoms with Gasteiger partial charge in [0.2, 0.25) is 17.6 Å². The topological polar surface area (TPSA) is 86.0 Å². The van der Waals surface area contributed by atoms with Gasteiger partial charge in [-0.05, 0) is 61.6 Å². The van der Waals surface area contributed by atoms with Gasteiger partial charge < -0.3 is 13.9 Å². The van der Waals surface area contributed by atoms with Crippen LogP contribution in [0.3, 0.4) is 0 Å². The molecule has 2 aliphatic carbocycles. The molecule has 0 unspecified atom stereocenters. The standard InChI is InChI=1S/C23H21NO6/c1-2-28-23(27)18-10-9-17(30-18)12-29-16-7-5-15(6-8-16)24-21(25)19-13-3-4-14(11-13)20(19)22(24)26/h3-10,13-14,19-20H,2,11-12H2,1H3/t13-,14+,19-,20+. The number of rotatable bonds is 6. The fraction of sp³-hybridized carbons (Fsp3) is 0.348. The SMILES string of the molecule is CCOC(=O)c1ccc(COc2ccc(N3C(=O)[C@@H]4[C@H](C3=O)[C@@H]3C=C[C@H]4C3)cc2)o1. The van der Waals surface area contributed by atoms with Crippen molar-refractivity contribution in [1.29, 1.82) is 0 Å². The van der Waals surface area contributed by atoms with Crippen LogP contribution in [0.15, 0.2) is 53.0 Å². The largest absolute Gasteiger partial charge is 0.486 e. The summed E-state index contributed by atoms with van der Waals surface area (Å²) in [5.74, 6) is 0.430. The molecule has 0 spiro atoms. The van der Waals surface area contributed by atoms with Gasteiger partial charge in [0.15, 0.2) is 0 Å². The number of nitrogens with zero attached hydrogens (tertiary/aromatic N) is 1. The normalized spacial score (nSPS) is 26.4. The van der Waals surface area contributed by atoms with Crippen molar-refractivity contribution in [2.75, 3.05) is 11.5 Å². The molecule has 2 aromatic rings. The number of anilines is 1. The molecule has 0 N–H and O–H groups in total. The average Bonchev–Trinajstić information content (AvgIpc) is 3.52. The van der Waals surface area contributed by atoms with E-state index < -0.39 is 5.97 Å². The predicted octanol–water partition coefficient (Wildman–Crippen LogP) is 3.35. The molecule has 1 aromatic heterocycles. The molecule has 1 aromatic carbocycles. The molecule has 154 valence electrons. The van der Waals surface area contributed by atoms with Crippen LogP contribution in [0, 0.1) is 23.7 Å². The Balaban J connectivity index is 1.24. The number of furan rings is 1. The summed E-state index contributed by atoms with van der Waals surface area (Å²) in [5, 5.41) is 0. The van der Waals surface area contributed by atoms with Crippen LogP contribution in [0.5, 0.6) is 5.75 Å². The van der Waals surface area contributed by atoms with Crippen molar-refractivity contribution < 1.29 is 28.3 Å². The first kappa shape index (κ1) is 18.7. The molecule has 0 radical (unpaired) electrons. The molecule has 2 fully saturated rings. The predicted molar refractivity (Wildman–Crippen MR) is 106 cm³/mol. The Morgan fingerprint density at radius 3 is 2.33 bits per heavy atom. The zero-order chi connectivity index (χ0) is 20.8. The maximum Gasteiger partial charge on any atom is 0.374 e. The number of benzene rings is 1. The van der Waals surface area contributed by atoms with Gasteiger partial charge in [0.05, 0.1) is 24.1 Å². The Morgan fingerprint density at radius 1 is 1.03 bits per heavy atom. The van der Waals surface area contributed by atoms with E-state index in [2.05, 4.69) is 12.2 Å². The first-order chi connectivity index (χ1) is 14.6. The number of carbonyl (C=O) groups excluding carboxylic acids is 3. The number of imide groups is 1. The molecule has 7 heteroatoms. The summed E-state index contributed by atoms with van der Waals surface area (Å²) < 4.78 is 16.0. The smallest absolute Gasteiger partial charge is 0.374 e. The molecule has 30 heavy (non-hydrogen) atoms. The quantitative estimate of drug-likeness (QED) is 0.415. The Kier molecular flexibility index (Phi) is 4.46. The van der Waals surface area contributed by atoms with E-state index in [-0.39, 0.29) is 54.5 Å². The van der Waals surface area contributed by atoms with E-state index in [9.17, 15) is 14.4 Å². The lowest BCUT2D eigenvalue weighted by atomic mass is 9.85. The lowest BCUT2D eigenvalue weighted by Gasteiger charge is -2.17. The van der Waals surface area contributed by atoms with E-state index in [0.29, 0.717) is 17.2 Å². The molecule has 4 atom stereocenters. The third kappa shape index (κ3) is 2.93. The van der Waals surface area contributed by atoms with Crippen molar-refractivity contribution in [3.05, 3.63) is 60.1 Å². The minimum absolute atomic E-state index is 0.0994. The van der Waals surface area contributed by atoms with Crippen molar-refractivity contribution in [2.24, 2.45) is 23.7 Å². The molecule has 7 nitrogen and oxygen atoms in total. The summed E-state index contributed by atoms with van der Waals surface area (Å²) in [7, 11) is 0. The van der Waals surface area contributed by atoms with E-state index in [1.54, 1.807) is 43.3 Å². The first-order valence-electron chi connectivity index (χ1n) is 10.1. The van der Waals surface area contributed by atoms with Crippen LogP contribution in [0.4, 0.5) is 5.69 Å². The highest BCUT2D eigenvalue weighted by Gasteiger charge is 2.59. The van der Waals surface area contributed by atoms with Gasteiger partial charge >= 0.3 is 5.97 Å². The lowest BCUT2D eigenvalue weighted by Crippen LogP contribution is -2.32. The fourth-order valence-corrected chi connectivity index (χ4v) is 4.77. The minimum atomic E-state index is -0.513. The zero-order valence-corrected chi connectivity index (χ0v) is 16.4. The highest BCUT2D eigenvalue weighted by molar-refractivity contribution is 6.22. The number of ether oxygens (including phenoxy) is 2. The van der Waals surface area contributed by atoms with Gasteiger partial charge in [0.25, 0.3) is 0 Å². The van der Waals surface area contributed by atoms with Crippen molar-refractivity contribution in [3.8, 4) is 5.75 Å². The Labute approximate surface area is 173 Å². The first-order valence-corrected chi connectivity index (χ1v) is 10.1. The van der Waals surface area contributed by atoms with Gasteiger partial charge in [-0.15, -0.1) is 0 Å². The van der Waals surface area contributed by atoms with Crippen molar-refractivity contribution in [2.45, 2.75) is 20.0 Å². The van der Waals surface area contributed by atoms with Crippen molar-refractivity contribution in [3.63, 3.8) is 0 Å². The summed E-state index contributed by atoms with van der Waals surface area (Å²) in [5.41, 5.74) is 0.564. The number of hydrogen-bond donors (Lipinski definition) is 0. The van der Waals surface area contributed by atoms with E-state index in [4.69, 9.17) is 13.9 Å². The molecular weight excluding hydrogens is 386 g/mol. The minimum Gasteiger partial charge on any atom is -0.486 e. The van der Waals surface area contributed by atoms with Crippen LogP contribution in [0.1, 0.15) is 29.7 Å². The molecule has 5 rings (SSSR count). The van der Waals surface area contributed by atoms with Crippen LogP contribution in [-0.2, 0) is 20.9 Å². The average molecular weight is 407 g/mol. The van der Waals surface area contributed by atoms with Gasteiger partial charge in [0.1, 0.15) is 18.1 Å². The Morgan fingerprint density at radius 2 is 1.70 bits per heavy atom. The second-order valence-electron chi connectivity index (χ2n) is 7.78. The maximum absolute atomic E-state index is 12.9. The number of carbonyl (C=O) groups is 3. The number of amides is 2. The molecule has 1 aliphatic heterocycles. The van der Waals surface area contributed by atoms with Crippen LogP contribution < -0.4 is 9.64 Å². The molecular formula is C23H21NO6. The maximum atomic E-state index is 12.9. The van der Waals surface area contributed by atoms with E-state index in [1.165, 1.54) is 4.90 Å². The molecule has 3 aliphatic rings. The zero-order valence-electron chi connectivity index (χ0n) is 16.4. The molecule has 1 saturated carbocycles. The highest BCUT2D eigenvalue weighted by atomic mass is 16.5. The number of hydrogen-bond acceptors (Lipinski definition) is 6. The third-order valence-electron chi connectivity index (χ3n) is 6.08. The number of esters is 1. The second kappa shape index (κ2) is 7.16. The Bertz CT molecular complexity index is 1010. The fourth-order valence-electron chi connectivity index (χ4n) is 4.77. The second-order valence-corrected chi connectivity index (χ2v) is 7.78. The van der Waals surface area contributed by atoms with Gasteiger partial charge in [-0.3, -0.25) is 14.5 Å². The summed E-state index contributed by atoms with van der Waals surface area (Å²) in [6.07, 6.45) is 5.08. The molecule has 1 saturated heterocycles. The van der Waals surface area contributed by atoms with Crippen LogP contribution in [0.2, 0.25) is 0 Å². The van der Waals surface area contributed by atoms with Crippen LogP contribution in [-0.4, -0.2) is 24.4 Å². The van der Waals surface area contributed by atoms with Crippen LogP contribution >= 0.6 is 0 Å². The molecule has 2 bridgehead atoms. The van der Waals surface area contributed by atoms with E-state index >= 15 is 0 Å². The molecule has 2 heterocycles. The molecule has 2 amide bonds. The van der Waals surface area contributed by atoms with Gasteiger partial charge in [-0.2, -0.15) is 0 Å². The number of allylic oxidation sites excluding steroid dienone is 2. The monoisotopic (exact) mass is 407 g/mol. The number of fused-ring (bicyclic) bond motifs is 5. The van der Waals surface area contributed by atoms with E-state index in [0.717, 1.165) is 6.42 Å². The highest BCUT2D eigenvalue weighted by Crippen LogP contribution is 2.53. The Hall–Kier alpha value is -3.35. The van der Waals surface area contributed by atoms with Crippen LogP contribution in [0.25, 0.3) is 0 Å². The lowest BCUT2D eigenvalue weighted by molar-refractivity contribution is -0.123. The summed E-state index contributed by atoms with van der Waals surface area (Å²) in [4.78, 5) is 38.7. The summed E-state index contributed by atoms with van der Waals surface area (Å²) >= 11 is 0.